The molecule has 0 atom stereocenters. The Kier molecular flexibility index (Phi) is 5.50. The van der Waals surface area contributed by atoms with Crippen LogP contribution in [0, 0.1) is 0 Å². The topological polar surface area (TPSA) is 57.6 Å². The highest BCUT2D eigenvalue weighted by Crippen LogP contribution is 2.36. The molecular formula is C21H16Cl2N4OS. The number of para-hydroxylation sites is 1. The molecule has 1 amide bonds. The number of rotatable bonds is 3. The summed E-state index contributed by atoms with van der Waals surface area (Å²) in [6.45, 7) is 0. The smallest absolute Gasteiger partial charge is 0.264 e. The summed E-state index contributed by atoms with van der Waals surface area (Å²) in [6, 6.07) is 13.0. The van der Waals surface area contributed by atoms with E-state index in [1.165, 1.54) is 11.8 Å². The molecule has 5 nitrogen and oxygen atoms in total. The fraction of sp³-hybridized carbons (Fsp3) is 0.0952. The first-order valence-electron chi connectivity index (χ1n) is 8.72. The SMILES string of the molecule is CN(C)c1ccnc2ccc(/C=C3\SC(=Nc4c(Cl)cccc4Cl)NC3=O)cc12. The summed E-state index contributed by atoms with van der Waals surface area (Å²) in [5.41, 5.74) is 3.31. The maximum Gasteiger partial charge on any atom is 0.264 e. The molecule has 0 unspecified atom stereocenters. The molecule has 0 bridgehead atoms. The van der Waals surface area contributed by atoms with Crippen LogP contribution in [0.1, 0.15) is 5.56 Å². The van der Waals surface area contributed by atoms with Gasteiger partial charge in [0.25, 0.3) is 5.91 Å². The van der Waals surface area contributed by atoms with Crippen LogP contribution in [-0.2, 0) is 4.79 Å². The molecule has 3 aromatic rings. The van der Waals surface area contributed by atoms with Crippen molar-refractivity contribution >= 4 is 74.4 Å². The summed E-state index contributed by atoms with van der Waals surface area (Å²) in [5.74, 6) is -0.212. The van der Waals surface area contributed by atoms with Crippen LogP contribution in [0.4, 0.5) is 11.4 Å². The summed E-state index contributed by atoms with van der Waals surface area (Å²) >= 11 is 13.6. The van der Waals surface area contributed by atoms with Gasteiger partial charge in [-0.15, -0.1) is 0 Å². The van der Waals surface area contributed by atoms with Crippen LogP contribution >= 0.6 is 35.0 Å². The van der Waals surface area contributed by atoms with Crippen LogP contribution in [0.3, 0.4) is 0 Å². The lowest BCUT2D eigenvalue weighted by molar-refractivity contribution is -0.115. The lowest BCUT2D eigenvalue weighted by Crippen LogP contribution is -2.19. The number of nitrogens with one attached hydrogen (secondary N) is 1. The average molecular weight is 443 g/mol. The number of aliphatic imine (C=N–C) groups is 1. The molecule has 1 aromatic heterocycles. The normalized spacial score (nSPS) is 16.6. The number of amides is 1. The third-order valence-electron chi connectivity index (χ3n) is 4.32. The minimum absolute atomic E-state index is 0.212. The summed E-state index contributed by atoms with van der Waals surface area (Å²) < 4.78 is 0. The molecule has 2 heterocycles. The Morgan fingerprint density at radius 3 is 2.62 bits per heavy atom. The average Bonchev–Trinajstić information content (AvgIpc) is 3.03. The largest absolute Gasteiger partial charge is 0.377 e. The van der Waals surface area contributed by atoms with Crippen LogP contribution < -0.4 is 10.2 Å². The molecular weight excluding hydrogens is 427 g/mol. The van der Waals surface area contributed by atoms with Gasteiger partial charge in [-0.1, -0.05) is 35.3 Å². The highest BCUT2D eigenvalue weighted by molar-refractivity contribution is 8.18. The van der Waals surface area contributed by atoms with Gasteiger partial charge >= 0.3 is 0 Å². The van der Waals surface area contributed by atoms with Crippen LogP contribution in [-0.4, -0.2) is 30.2 Å². The third kappa shape index (κ3) is 4.10. The number of amidine groups is 1. The lowest BCUT2D eigenvalue weighted by Gasteiger charge is -2.15. The number of thioether (sulfide) groups is 1. The van der Waals surface area contributed by atoms with Gasteiger partial charge in [0.2, 0.25) is 0 Å². The number of halogens is 2. The Morgan fingerprint density at radius 1 is 1.14 bits per heavy atom. The molecule has 0 radical (unpaired) electrons. The Labute approximate surface area is 182 Å². The van der Waals surface area contributed by atoms with E-state index in [-0.39, 0.29) is 5.91 Å². The molecule has 1 saturated heterocycles. The number of carbonyl (C=O) groups excluding carboxylic acids is 1. The molecule has 29 heavy (non-hydrogen) atoms. The quantitative estimate of drug-likeness (QED) is 0.544. The monoisotopic (exact) mass is 442 g/mol. The Balaban J connectivity index is 1.68. The number of nitrogens with zero attached hydrogens (tertiary/aromatic N) is 3. The second-order valence-electron chi connectivity index (χ2n) is 6.55. The molecule has 4 rings (SSSR count). The lowest BCUT2D eigenvalue weighted by atomic mass is 10.1. The van der Waals surface area contributed by atoms with Crippen molar-refractivity contribution in [1.82, 2.24) is 10.3 Å². The number of fused-ring (bicyclic) bond motifs is 1. The first-order valence-corrected chi connectivity index (χ1v) is 10.3. The number of hydrogen-bond donors (Lipinski definition) is 1. The van der Waals surface area contributed by atoms with E-state index in [0.717, 1.165) is 22.2 Å². The van der Waals surface area contributed by atoms with Crippen molar-refractivity contribution in [3.8, 4) is 0 Å². The standard InChI is InChI=1S/C21H16Cl2N4OS/c1-27(2)17-8-9-24-16-7-6-12(10-13(16)17)11-18-20(28)26-21(29-18)25-19-14(22)4-3-5-15(19)23/h3-11H,1-2H3,(H,25,26,28)/b18-11-. The van der Waals surface area contributed by atoms with Crippen LogP contribution in [0.25, 0.3) is 17.0 Å². The van der Waals surface area contributed by atoms with E-state index >= 15 is 0 Å². The zero-order valence-corrected chi connectivity index (χ0v) is 17.9. The minimum Gasteiger partial charge on any atom is -0.377 e. The predicted molar refractivity (Wildman–Crippen MR) is 123 cm³/mol. The van der Waals surface area contributed by atoms with Crippen molar-refractivity contribution in [2.45, 2.75) is 0 Å². The van der Waals surface area contributed by atoms with Gasteiger partial charge in [-0.05, 0) is 53.7 Å². The number of carbonyl (C=O) groups is 1. The van der Waals surface area contributed by atoms with Crippen LogP contribution in [0.5, 0.6) is 0 Å². The Hall–Kier alpha value is -2.54. The van der Waals surface area contributed by atoms with E-state index in [4.69, 9.17) is 23.2 Å². The van der Waals surface area contributed by atoms with Crippen molar-refractivity contribution in [3.05, 3.63) is 69.2 Å². The van der Waals surface area contributed by atoms with Gasteiger partial charge in [-0.2, -0.15) is 0 Å². The highest BCUT2D eigenvalue weighted by Gasteiger charge is 2.24. The van der Waals surface area contributed by atoms with Gasteiger partial charge in [0, 0.05) is 31.4 Å². The zero-order valence-electron chi connectivity index (χ0n) is 15.6. The second-order valence-corrected chi connectivity index (χ2v) is 8.40. The highest BCUT2D eigenvalue weighted by atomic mass is 35.5. The van der Waals surface area contributed by atoms with Crippen LogP contribution in [0.2, 0.25) is 10.0 Å². The Bertz CT molecular complexity index is 1170. The summed E-state index contributed by atoms with van der Waals surface area (Å²) in [6.07, 6.45) is 3.63. The number of aromatic nitrogens is 1. The molecule has 1 aliphatic heterocycles. The maximum atomic E-state index is 12.4. The van der Waals surface area contributed by atoms with Crippen molar-refractivity contribution in [3.63, 3.8) is 0 Å². The third-order valence-corrected chi connectivity index (χ3v) is 5.84. The fourth-order valence-electron chi connectivity index (χ4n) is 2.96. The second kappa shape index (κ2) is 8.06. The van der Waals surface area contributed by atoms with E-state index in [0.29, 0.717) is 25.8 Å². The van der Waals surface area contributed by atoms with E-state index in [9.17, 15) is 4.79 Å². The summed E-state index contributed by atoms with van der Waals surface area (Å²) in [5, 5.41) is 5.07. The molecule has 1 N–H and O–H groups in total. The number of anilines is 1. The molecule has 2 aromatic carbocycles. The van der Waals surface area contributed by atoms with Crippen molar-refractivity contribution in [2.24, 2.45) is 4.99 Å². The van der Waals surface area contributed by atoms with E-state index in [2.05, 4.69) is 15.3 Å². The first kappa shape index (κ1) is 19.8. The molecule has 0 saturated carbocycles. The molecule has 1 fully saturated rings. The van der Waals surface area contributed by atoms with Gasteiger partial charge in [0.15, 0.2) is 5.17 Å². The zero-order chi connectivity index (χ0) is 20.5. The van der Waals surface area contributed by atoms with Gasteiger partial charge in [0.05, 0.1) is 20.5 Å². The number of pyridine rings is 1. The van der Waals surface area contributed by atoms with Gasteiger partial charge < -0.3 is 10.2 Å². The van der Waals surface area contributed by atoms with E-state index in [1.807, 2.05) is 49.3 Å². The maximum absolute atomic E-state index is 12.4. The molecule has 146 valence electrons. The minimum atomic E-state index is -0.212. The van der Waals surface area contributed by atoms with Gasteiger partial charge in [-0.3, -0.25) is 9.78 Å². The van der Waals surface area contributed by atoms with Gasteiger partial charge in [-0.25, -0.2) is 4.99 Å². The summed E-state index contributed by atoms with van der Waals surface area (Å²) in [4.78, 5) is 23.8. The van der Waals surface area contributed by atoms with Crippen LogP contribution in [0.15, 0.2) is 58.6 Å². The first-order chi connectivity index (χ1) is 13.9. The van der Waals surface area contributed by atoms with E-state index in [1.54, 1.807) is 24.4 Å². The van der Waals surface area contributed by atoms with Crippen molar-refractivity contribution in [2.75, 3.05) is 19.0 Å². The Morgan fingerprint density at radius 2 is 1.90 bits per heavy atom. The van der Waals surface area contributed by atoms with E-state index < -0.39 is 0 Å². The number of hydrogen-bond acceptors (Lipinski definition) is 5. The molecule has 0 spiro atoms. The molecule has 0 aliphatic carbocycles. The van der Waals surface area contributed by atoms with Crippen molar-refractivity contribution in [1.29, 1.82) is 0 Å². The molecule has 8 heteroatoms. The van der Waals surface area contributed by atoms with Gasteiger partial charge in [0.1, 0.15) is 5.69 Å². The van der Waals surface area contributed by atoms with Crippen molar-refractivity contribution < 1.29 is 4.79 Å². The number of benzene rings is 2. The summed E-state index contributed by atoms with van der Waals surface area (Å²) in [7, 11) is 3.98. The fourth-order valence-corrected chi connectivity index (χ4v) is 4.27. The predicted octanol–water partition coefficient (Wildman–Crippen LogP) is 5.50. The molecule has 1 aliphatic rings.